The molecule has 0 aliphatic rings. The average Bonchev–Trinajstić information content (AvgIpc) is 2.81. The van der Waals surface area contributed by atoms with Gasteiger partial charge in [0.25, 0.3) is 5.91 Å². The molecule has 7 nitrogen and oxygen atoms in total. The Morgan fingerprint density at radius 2 is 1.65 bits per heavy atom. The number of hydrogen-bond acceptors (Lipinski definition) is 5. The minimum atomic E-state index is -0.546. The van der Waals surface area contributed by atoms with Crippen molar-refractivity contribution in [3.8, 4) is 0 Å². The van der Waals surface area contributed by atoms with Crippen LogP contribution in [0.2, 0.25) is 0 Å². The number of anilines is 1. The van der Waals surface area contributed by atoms with Crippen molar-refractivity contribution >= 4 is 29.6 Å². The number of hydrogen-bond donors (Lipinski definition) is 3. The van der Waals surface area contributed by atoms with Crippen LogP contribution >= 0.6 is 0 Å². The van der Waals surface area contributed by atoms with E-state index in [1.807, 2.05) is 75.4 Å². The number of carbonyl (C=O) groups excluding carboxylic acids is 2. The maximum absolute atomic E-state index is 12.7. The van der Waals surface area contributed by atoms with Gasteiger partial charge in [0.15, 0.2) is 0 Å². The number of benzene rings is 3. The third kappa shape index (κ3) is 7.28. The van der Waals surface area contributed by atoms with Gasteiger partial charge in [-0.05, 0) is 62.2 Å². The monoisotopic (exact) mass is 458 g/mol. The molecule has 1 amide bonds. The predicted molar refractivity (Wildman–Crippen MR) is 135 cm³/mol. The topological polar surface area (TPSA) is 106 Å². The highest BCUT2D eigenvalue weighted by Crippen LogP contribution is 2.30. The molecule has 0 aliphatic heterocycles. The summed E-state index contributed by atoms with van der Waals surface area (Å²) in [4.78, 5) is 29.4. The van der Waals surface area contributed by atoms with Gasteiger partial charge in [-0.25, -0.2) is 10.8 Å². The fourth-order valence-corrected chi connectivity index (χ4v) is 3.50. The van der Waals surface area contributed by atoms with Crippen LogP contribution in [0.4, 0.5) is 11.4 Å². The predicted octanol–water partition coefficient (Wildman–Crippen LogP) is 4.93. The summed E-state index contributed by atoms with van der Waals surface area (Å²) in [5, 5.41) is 2.90. The van der Waals surface area contributed by atoms with Crippen LogP contribution in [-0.4, -0.2) is 23.8 Å². The number of nitrogens with one attached hydrogen (secondary N) is 2. The second kappa shape index (κ2) is 11.2. The summed E-state index contributed by atoms with van der Waals surface area (Å²) in [7, 11) is 0. The van der Waals surface area contributed by atoms with E-state index in [1.165, 1.54) is 6.34 Å². The van der Waals surface area contributed by atoms with Crippen LogP contribution in [0.25, 0.3) is 0 Å². The van der Waals surface area contributed by atoms with Gasteiger partial charge >= 0.3 is 5.97 Å². The van der Waals surface area contributed by atoms with Crippen LogP contribution in [0, 0.1) is 0 Å². The summed E-state index contributed by atoms with van der Waals surface area (Å²) in [5.74, 6) is 4.53. The minimum absolute atomic E-state index is 0.161. The molecule has 0 heterocycles. The van der Waals surface area contributed by atoms with Crippen LogP contribution in [-0.2, 0) is 9.53 Å². The van der Waals surface area contributed by atoms with Gasteiger partial charge in [-0.15, -0.1) is 0 Å². The van der Waals surface area contributed by atoms with E-state index in [0.717, 1.165) is 11.1 Å². The lowest BCUT2D eigenvalue weighted by Gasteiger charge is -2.23. The summed E-state index contributed by atoms with van der Waals surface area (Å²) in [6, 6.07) is 24.3. The first-order valence-corrected chi connectivity index (χ1v) is 11.0. The highest BCUT2D eigenvalue weighted by atomic mass is 16.6. The zero-order valence-electron chi connectivity index (χ0n) is 19.6. The molecular formula is C27H30N4O3. The quantitative estimate of drug-likeness (QED) is 0.146. The number of ether oxygens (including phenoxy) is 1. The number of carbonyl (C=O) groups is 2. The second-order valence-corrected chi connectivity index (χ2v) is 8.81. The molecule has 7 heteroatoms. The van der Waals surface area contributed by atoms with E-state index >= 15 is 0 Å². The van der Waals surface area contributed by atoms with Gasteiger partial charge in [0.2, 0.25) is 0 Å². The fourth-order valence-electron chi connectivity index (χ4n) is 3.50. The van der Waals surface area contributed by atoms with Crippen molar-refractivity contribution in [3.05, 3.63) is 95.6 Å². The van der Waals surface area contributed by atoms with E-state index in [0.29, 0.717) is 16.9 Å². The van der Waals surface area contributed by atoms with Crippen molar-refractivity contribution in [2.24, 2.45) is 10.8 Å². The molecule has 1 atom stereocenters. The van der Waals surface area contributed by atoms with E-state index in [-0.39, 0.29) is 24.2 Å². The third-order valence-corrected chi connectivity index (χ3v) is 4.96. The number of hydrazine groups is 1. The van der Waals surface area contributed by atoms with Gasteiger partial charge in [0.1, 0.15) is 11.9 Å². The number of nitrogens with zero attached hydrogens (tertiary/aromatic N) is 1. The van der Waals surface area contributed by atoms with Gasteiger partial charge in [0.05, 0.1) is 12.1 Å². The number of esters is 1. The highest BCUT2D eigenvalue weighted by molar-refractivity contribution is 6.04. The van der Waals surface area contributed by atoms with Crippen LogP contribution in [0.15, 0.2) is 83.9 Å². The Balaban J connectivity index is 1.76. The summed E-state index contributed by atoms with van der Waals surface area (Å²) in [6.07, 6.45) is 1.56. The molecule has 0 bridgehead atoms. The van der Waals surface area contributed by atoms with Crippen molar-refractivity contribution in [3.63, 3.8) is 0 Å². The highest BCUT2D eigenvalue weighted by Gasteiger charge is 2.23. The normalized spacial score (nSPS) is 12.2. The standard InChI is InChI=1S/C27H30N4O3/c1-27(2,3)34-25(32)17-24(19-8-5-4-6-9-19)20-12-14-22(15-13-20)31-26(33)21-10-7-11-23(16-21)29-18-30-28/h4-16,18,24H,17,28H2,1-3H3,(H,29,30)(H,31,33). The van der Waals surface area contributed by atoms with Gasteiger partial charge < -0.3 is 15.5 Å². The smallest absolute Gasteiger partial charge is 0.307 e. The lowest BCUT2D eigenvalue weighted by molar-refractivity contribution is -0.155. The lowest BCUT2D eigenvalue weighted by Crippen LogP contribution is -2.25. The van der Waals surface area contributed by atoms with Gasteiger partial charge in [-0.2, -0.15) is 0 Å². The zero-order chi connectivity index (χ0) is 24.6. The summed E-state index contributed by atoms with van der Waals surface area (Å²) in [5.41, 5.74) is 5.50. The van der Waals surface area contributed by atoms with Crippen LogP contribution in [0.1, 0.15) is 54.6 Å². The molecule has 3 rings (SSSR count). The minimum Gasteiger partial charge on any atom is -0.460 e. The van der Waals surface area contributed by atoms with E-state index in [1.54, 1.807) is 24.3 Å². The molecule has 3 aromatic carbocycles. The molecule has 0 aromatic heterocycles. The molecular weight excluding hydrogens is 428 g/mol. The number of rotatable bonds is 8. The first kappa shape index (κ1) is 24.7. The van der Waals surface area contributed by atoms with Crippen LogP contribution in [0.5, 0.6) is 0 Å². The van der Waals surface area contributed by atoms with Crippen LogP contribution < -0.4 is 16.6 Å². The molecule has 0 radical (unpaired) electrons. The molecule has 0 aliphatic carbocycles. The number of nitrogens with two attached hydrogens (primary N) is 1. The first-order valence-electron chi connectivity index (χ1n) is 11.0. The van der Waals surface area contributed by atoms with Gasteiger partial charge in [-0.1, -0.05) is 48.5 Å². The Kier molecular flexibility index (Phi) is 8.16. The Morgan fingerprint density at radius 3 is 2.29 bits per heavy atom. The van der Waals surface area contributed by atoms with E-state index < -0.39 is 5.60 Å². The van der Waals surface area contributed by atoms with E-state index in [2.05, 4.69) is 15.7 Å². The molecule has 4 N–H and O–H groups in total. The molecule has 34 heavy (non-hydrogen) atoms. The van der Waals surface area contributed by atoms with E-state index in [9.17, 15) is 9.59 Å². The maximum Gasteiger partial charge on any atom is 0.307 e. The Labute approximate surface area is 200 Å². The van der Waals surface area contributed by atoms with Crippen molar-refractivity contribution in [2.75, 3.05) is 5.32 Å². The average molecular weight is 459 g/mol. The third-order valence-electron chi connectivity index (χ3n) is 4.96. The Morgan fingerprint density at radius 1 is 0.971 bits per heavy atom. The van der Waals surface area contributed by atoms with Crippen molar-refractivity contribution in [1.82, 2.24) is 5.43 Å². The molecule has 0 saturated heterocycles. The van der Waals surface area contributed by atoms with E-state index in [4.69, 9.17) is 10.6 Å². The molecule has 3 aromatic rings. The Hall–Kier alpha value is -3.97. The Bertz CT molecular complexity index is 1140. The number of aliphatic imine (C=N–C) groups is 1. The van der Waals surface area contributed by atoms with Crippen molar-refractivity contribution in [1.29, 1.82) is 0 Å². The SMILES string of the molecule is CC(C)(C)OC(=O)CC(c1ccccc1)c1ccc(NC(=O)c2cccc(N=CNN)c2)cc1. The van der Waals surface area contributed by atoms with Crippen molar-refractivity contribution in [2.45, 2.75) is 38.7 Å². The summed E-state index contributed by atoms with van der Waals surface area (Å²) in [6.45, 7) is 5.57. The largest absolute Gasteiger partial charge is 0.460 e. The second-order valence-electron chi connectivity index (χ2n) is 8.81. The number of amides is 1. The zero-order valence-corrected chi connectivity index (χ0v) is 19.6. The van der Waals surface area contributed by atoms with Gasteiger partial charge in [-0.3, -0.25) is 9.59 Å². The molecule has 0 fully saturated rings. The van der Waals surface area contributed by atoms with Gasteiger partial charge in [0, 0.05) is 17.2 Å². The molecule has 1 unspecified atom stereocenters. The maximum atomic E-state index is 12.7. The van der Waals surface area contributed by atoms with Crippen molar-refractivity contribution < 1.29 is 14.3 Å². The molecule has 0 spiro atoms. The summed E-state index contributed by atoms with van der Waals surface area (Å²) >= 11 is 0. The molecule has 176 valence electrons. The molecule has 0 saturated carbocycles. The fraction of sp³-hybridized carbons (Fsp3) is 0.222. The van der Waals surface area contributed by atoms with Crippen LogP contribution in [0.3, 0.4) is 0 Å². The summed E-state index contributed by atoms with van der Waals surface area (Å²) < 4.78 is 5.55. The first-order chi connectivity index (χ1) is 16.2. The lowest BCUT2D eigenvalue weighted by atomic mass is 9.88.